The lowest BCUT2D eigenvalue weighted by molar-refractivity contribution is -0.120. The van der Waals surface area contributed by atoms with E-state index in [0.717, 1.165) is 5.56 Å². The van der Waals surface area contributed by atoms with E-state index in [4.69, 9.17) is 4.74 Å². The van der Waals surface area contributed by atoms with Gasteiger partial charge in [0.05, 0.1) is 16.9 Å². The Hall–Kier alpha value is -2.20. The number of benzene rings is 2. The maximum Gasteiger partial charge on any atom is 0.185 e. The molecule has 0 aromatic heterocycles. The molecule has 0 radical (unpaired) electrons. The Kier molecular flexibility index (Phi) is 7.13. The number of rotatable bonds is 8. The third-order valence-corrected chi connectivity index (χ3v) is 8.32. The van der Waals surface area contributed by atoms with Gasteiger partial charge in [0.25, 0.3) is 0 Å². The van der Waals surface area contributed by atoms with E-state index >= 15 is 0 Å². The van der Waals surface area contributed by atoms with Gasteiger partial charge in [0, 0.05) is 0 Å². The van der Waals surface area contributed by atoms with Crippen LogP contribution < -0.4 is 4.74 Å². The molecule has 2 aromatic rings. The lowest BCUT2D eigenvalue weighted by Crippen LogP contribution is -2.34. The number of hydrogen-bond donors (Lipinski definition) is 2. The van der Waals surface area contributed by atoms with Gasteiger partial charge in [-0.15, -0.1) is 0 Å². The molecule has 30 heavy (non-hydrogen) atoms. The van der Waals surface area contributed by atoms with Crippen molar-refractivity contribution in [2.75, 3.05) is 12.9 Å². The van der Waals surface area contributed by atoms with Crippen LogP contribution in [0.3, 0.4) is 0 Å². The molecular weight excluding hydrogens is 428 g/mol. The number of methoxy groups -OCH3 is 1. The minimum atomic E-state index is -4.08. The summed E-state index contributed by atoms with van der Waals surface area (Å²) in [5.41, 5.74) is 0.755. The number of carbonyl (C=O) groups is 2. The zero-order chi connectivity index (χ0) is 22.7. The van der Waals surface area contributed by atoms with Gasteiger partial charge in [0.1, 0.15) is 17.8 Å². The largest absolute Gasteiger partial charge is 0.497 e. The molecule has 164 valence electrons. The van der Waals surface area contributed by atoms with Gasteiger partial charge in [-0.25, -0.2) is 8.42 Å². The van der Waals surface area contributed by atoms with Gasteiger partial charge in [-0.3, -0.25) is 13.9 Å². The van der Waals surface area contributed by atoms with E-state index in [1.54, 1.807) is 12.1 Å². The Labute approximate surface area is 178 Å². The first kappa shape index (κ1) is 24.1. The van der Waals surface area contributed by atoms with Gasteiger partial charge in [-0.05, 0) is 47.4 Å². The second-order valence-corrected chi connectivity index (χ2v) is 12.0. The summed E-state index contributed by atoms with van der Waals surface area (Å²) in [6, 6.07) is 11.7. The van der Waals surface area contributed by atoms with Crippen LogP contribution in [0.5, 0.6) is 5.75 Å². The van der Waals surface area contributed by atoms with E-state index in [2.05, 4.69) is 0 Å². The summed E-state index contributed by atoms with van der Waals surface area (Å²) in [5, 5.41) is -1.88. The fourth-order valence-corrected chi connectivity index (χ4v) is 5.59. The maximum absolute atomic E-state index is 12.6. The normalized spacial score (nSPS) is 14.1. The quantitative estimate of drug-likeness (QED) is 0.461. The molecule has 0 bridgehead atoms. The molecule has 2 N–H and O–H groups in total. The van der Waals surface area contributed by atoms with Crippen molar-refractivity contribution in [3.63, 3.8) is 0 Å². The summed E-state index contributed by atoms with van der Waals surface area (Å²) >= 11 is 0. The standard InChI is InChI=1S/C21H26O7S2/c1-21(2,3)15-5-9-18(10-6-15)30(26,27)20(13-22)19(23)14-29(24,25)17-11-7-16(28-4)8-12-17/h5-13,20,26-27H,14H2,1-4H3. The van der Waals surface area contributed by atoms with Crippen LogP contribution in [-0.4, -0.2) is 47.7 Å². The zero-order valence-electron chi connectivity index (χ0n) is 17.2. The van der Waals surface area contributed by atoms with E-state index in [1.165, 1.54) is 43.5 Å². The Morgan fingerprint density at radius 3 is 1.93 bits per heavy atom. The van der Waals surface area contributed by atoms with E-state index in [9.17, 15) is 27.1 Å². The number of carbonyl (C=O) groups excluding carboxylic acids is 2. The number of ketones is 1. The number of Topliss-reactive ketones (excluding diaryl/α,β-unsaturated/α-hetero) is 1. The molecule has 9 heteroatoms. The number of ether oxygens (including phenoxy) is 1. The van der Waals surface area contributed by atoms with E-state index in [1.807, 2.05) is 20.8 Å². The highest BCUT2D eigenvalue weighted by molar-refractivity contribution is 8.26. The molecule has 2 rings (SSSR count). The number of sulfone groups is 1. The molecule has 0 spiro atoms. The van der Waals surface area contributed by atoms with Gasteiger partial charge in [0.15, 0.2) is 20.9 Å². The van der Waals surface area contributed by atoms with Crippen LogP contribution in [0, 0.1) is 0 Å². The third-order valence-electron chi connectivity index (χ3n) is 4.61. The summed E-state index contributed by atoms with van der Waals surface area (Å²) in [6.07, 6.45) is 0.0961. The van der Waals surface area contributed by atoms with Crippen molar-refractivity contribution in [3.05, 3.63) is 54.1 Å². The second-order valence-electron chi connectivity index (χ2n) is 7.82. The fraction of sp³-hybridized carbons (Fsp3) is 0.333. The van der Waals surface area contributed by atoms with Crippen LogP contribution in [0.25, 0.3) is 0 Å². The molecule has 1 unspecified atom stereocenters. The summed E-state index contributed by atoms with van der Waals surface area (Å²) in [5.74, 6) is -1.67. The summed E-state index contributed by atoms with van der Waals surface area (Å²) in [4.78, 5) is 24.0. The average molecular weight is 455 g/mol. The van der Waals surface area contributed by atoms with E-state index < -0.39 is 37.2 Å². The topological polar surface area (TPSA) is 118 Å². The molecule has 7 nitrogen and oxygen atoms in total. The predicted octanol–water partition coefficient (Wildman–Crippen LogP) is 3.71. The molecule has 0 saturated carbocycles. The lowest BCUT2D eigenvalue weighted by atomic mass is 9.87. The second kappa shape index (κ2) is 8.89. The molecule has 0 fully saturated rings. The molecular formula is C21H26O7S2. The molecule has 0 amide bonds. The first-order valence-corrected chi connectivity index (χ1v) is 12.3. The van der Waals surface area contributed by atoms with Crippen molar-refractivity contribution in [2.24, 2.45) is 0 Å². The van der Waals surface area contributed by atoms with Gasteiger partial charge in [-0.2, -0.15) is 10.6 Å². The van der Waals surface area contributed by atoms with E-state index in [0.29, 0.717) is 5.75 Å². The molecule has 0 heterocycles. The summed E-state index contributed by atoms with van der Waals surface area (Å²) in [7, 11) is -6.53. The Morgan fingerprint density at radius 2 is 1.50 bits per heavy atom. The third kappa shape index (κ3) is 5.28. The highest BCUT2D eigenvalue weighted by Gasteiger charge is 2.36. The molecule has 0 aliphatic heterocycles. The van der Waals surface area contributed by atoms with Crippen molar-refractivity contribution in [2.45, 2.75) is 41.2 Å². The number of hydrogen-bond acceptors (Lipinski definition) is 7. The van der Waals surface area contributed by atoms with Crippen LogP contribution in [0.15, 0.2) is 58.3 Å². The lowest BCUT2D eigenvalue weighted by Gasteiger charge is -2.36. The summed E-state index contributed by atoms with van der Waals surface area (Å²) < 4.78 is 51.3. The van der Waals surface area contributed by atoms with Crippen LogP contribution in [-0.2, 0) is 24.8 Å². The van der Waals surface area contributed by atoms with Crippen LogP contribution >= 0.6 is 10.6 Å². The van der Waals surface area contributed by atoms with Crippen LogP contribution in [0.4, 0.5) is 0 Å². The average Bonchev–Trinajstić information content (AvgIpc) is 2.67. The Bertz CT molecular complexity index is 1000. The number of aldehydes is 1. The van der Waals surface area contributed by atoms with E-state index in [-0.39, 0.29) is 21.5 Å². The molecule has 0 aliphatic rings. The first-order valence-electron chi connectivity index (χ1n) is 9.05. The van der Waals surface area contributed by atoms with Crippen molar-refractivity contribution < 1.29 is 31.8 Å². The zero-order valence-corrected chi connectivity index (χ0v) is 18.9. The van der Waals surface area contributed by atoms with Gasteiger partial charge in [-0.1, -0.05) is 32.9 Å². The molecule has 0 aliphatic carbocycles. The fourth-order valence-electron chi connectivity index (χ4n) is 2.77. The monoisotopic (exact) mass is 454 g/mol. The highest BCUT2D eigenvalue weighted by atomic mass is 32.3. The molecule has 1 atom stereocenters. The summed E-state index contributed by atoms with van der Waals surface area (Å²) in [6.45, 7) is 5.96. The van der Waals surface area contributed by atoms with Crippen molar-refractivity contribution in [1.82, 2.24) is 0 Å². The minimum absolute atomic E-state index is 0.00259. The Morgan fingerprint density at radius 1 is 1.00 bits per heavy atom. The van der Waals surface area contributed by atoms with Crippen molar-refractivity contribution in [1.29, 1.82) is 0 Å². The van der Waals surface area contributed by atoms with Gasteiger partial charge >= 0.3 is 0 Å². The van der Waals surface area contributed by atoms with Crippen molar-refractivity contribution >= 4 is 32.5 Å². The molecule has 2 aromatic carbocycles. The minimum Gasteiger partial charge on any atom is -0.497 e. The predicted molar refractivity (Wildman–Crippen MR) is 116 cm³/mol. The van der Waals surface area contributed by atoms with Gasteiger partial charge in [0.2, 0.25) is 0 Å². The van der Waals surface area contributed by atoms with Crippen molar-refractivity contribution in [3.8, 4) is 5.75 Å². The highest BCUT2D eigenvalue weighted by Crippen LogP contribution is 2.52. The Balaban J connectivity index is 2.28. The maximum atomic E-state index is 12.6. The van der Waals surface area contributed by atoms with Gasteiger partial charge < -0.3 is 9.53 Å². The smallest absolute Gasteiger partial charge is 0.185 e. The molecule has 0 saturated heterocycles. The van der Waals surface area contributed by atoms with Crippen LogP contribution in [0.2, 0.25) is 0 Å². The first-order chi connectivity index (χ1) is 13.8. The van der Waals surface area contributed by atoms with Crippen LogP contribution in [0.1, 0.15) is 26.3 Å². The SMILES string of the molecule is COc1ccc(S(=O)(=O)CC(=O)C(C=O)S(O)(O)c2ccc(C(C)(C)C)cc2)cc1.